The smallest absolute Gasteiger partial charge is 0.411 e. The first-order chi connectivity index (χ1) is 12.4. The van der Waals surface area contributed by atoms with Crippen LogP contribution in [0.2, 0.25) is 0 Å². The molecule has 1 aromatic carbocycles. The average Bonchev–Trinajstić information content (AvgIpc) is 2.46. The largest absolute Gasteiger partial charge is 0.489 e. The summed E-state index contributed by atoms with van der Waals surface area (Å²) in [6, 6.07) is 3.98. The number of carbonyl (C=O) groups is 1. The maximum atomic E-state index is 12.6. The first kappa shape index (κ1) is 21.1. The molecule has 27 heavy (non-hydrogen) atoms. The van der Waals surface area contributed by atoms with Crippen LogP contribution in [-0.4, -0.2) is 34.8 Å². The second-order valence-corrected chi connectivity index (χ2v) is 8.74. The van der Waals surface area contributed by atoms with Crippen molar-refractivity contribution in [2.75, 3.05) is 5.73 Å². The van der Waals surface area contributed by atoms with Crippen LogP contribution in [-0.2, 0) is 4.74 Å². The maximum Gasteiger partial charge on any atom is 0.411 e. The predicted octanol–water partition coefficient (Wildman–Crippen LogP) is 5.17. The van der Waals surface area contributed by atoms with Crippen LogP contribution < -0.4 is 10.5 Å². The molecule has 5 heteroatoms. The van der Waals surface area contributed by atoms with Crippen molar-refractivity contribution in [3.05, 3.63) is 29.3 Å². The zero-order chi connectivity index (χ0) is 20.5. The number of hydrogen-bond acceptors (Lipinski definition) is 4. The minimum absolute atomic E-state index is 0.0428. The lowest BCUT2D eigenvalue weighted by molar-refractivity contribution is 0.0123. The van der Waals surface area contributed by atoms with E-state index in [0.717, 1.165) is 17.5 Å². The zero-order valence-corrected chi connectivity index (χ0v) is 17.9. The minimum atomic E-state index is -0.503. The highest BCUT2D eigenvalue weighted by Crippen LogP contribution is 2.36. The molecule has 5 nitrogen and oxygen atoms in total. The molecule has 1 aromatic rings. The van der Waals surface area contributed by atoms with Gasteiger partial charge in [0.1, 0.15) is 11.4 Å². The third-order valence-electron chi connectivity index (χ3n) is 4.54. The van der Waals surface area contributed by atoms with Crippen molar-refractivity contribution in [2.45, 2.75) is 85.6 Å². The summed E-state index contributed by atoms with van der Waals surface area (Å²) < 4.78 is 11.4. The number of anilines is 1. The van der Waals surface area contributed by atoms with E-state index in [-0.39, 0.29) is 24.3 Å². The fraction of sp³-hybridized carbons (Fsp3) is 0.591. The molecule has 0 aliphatic carbocycles. The number of hydrogen-bond donors (Lipinski definition) is 1. The Bertz CT molecular complexity index is 732. The van der Waals surface area contributed by atoms with E-state index in [0.29, 0.717) is 11.4 Å². The van der Waals surface area contributed by atoms with Gasteiger partial charge < -0.3 is 15.2 Å². The van der Waals surface area contributed by atoms with Crippen LogP contribution in [0.5, 0.6) is 5.75 Å². The molecule has 2 N–H and O–H groups in total. The molecule has 1 aliphatic rings. The number of nitrogens with two attached hydrogens (primary N) is 1. The topological polar surface area (TPSA) is 64.8 Å². The molecule has 0 radical (unpaired) electrons. The van der Waals surface area contributed by atoms with E-state index in [9.17, 15) is 4.79 Å². The van der Waals surface area contributed by atoms with E-state index >= 15 is 0 Å². The van der Waals surface area contributed by atoms with Gasteiger partial charge in [-0.25, -0.2) is 4.79 Å². The molecule has 150 valence electrons. The minimum Gasteiger partial charge on any atom is -0.489 e. The molecule has 2 rings (SSSR count). The van der Waals surface area contributed by atoms with Crippen molar-refractivity contribution in [1.29, 1.82) is 0 Å². The number of ether oxygens (including phenoxy) is 2. The summed E-state index contributed by atoms with van der Waals surface area (Å²) in [5, 5.41) is 0. The summed E-state index contributed by atoms with van der Waals surface area (Å²) in [4.78, 5) is 14.4. The molecule has 0 fully saturated rings. The maximum absolute atomic E-state index is 12.6. The Labute approximate surface area is 163 Å². The van der Waals surface area contributed by atoms with Crippen LogP contribution in [0.15, 0.2) is 18.2 Å². The number of amides is 1. The number of aryl methyl sites for hydroxylation is 1. The van der Waals surface area contributed by atoms with E-state index in [1.54, 1.807) is 0 Å². The Morgan fingerprint density at radius 2 is 1.89 bits per heavy atom. The van der Waals surface area contributed by atoms with E-state index in [2.05, 4.69) is 19.9 Å². The van der Waals surface area contributed by atoms with Crippen molar-refractivity contribution in [3.8, 4) is 5.75 Å². The summed E-state index contributed by atoms with van der Waals surface area (Å²) in [7, 11) is 0. The van der Waals surface area contributed by atoms with Crippen LogP contribution in [0.25, 0.3) is 5.57 Å². The molecular weight excluding hydrogens is 340 g/mol. The highest BCUT2D eigenvalue weighted by molar-refractivity contribution is 5.77. The third-order valence-corrected chi connectivity index (χ3v) is 4.54. The molecule has 0 bridgehead atoms. The van der Waals surface area contributed by atoms with E-state index in [1.807, 2.05) is 58.6 Å². The number of nitrogen functional groups attached to an aromatic ring is 1. The van der Waals surface area contributed by atoms with Crippen molar-refractivity contribution in [3.63, 3.8) is 0 Å². The predicted molar refractivity (Wildman–Crippen MR) is 111 cm³/mol. The molecule has 1 amide bonds. The highest BCUT2D eigenvalue weighted by Gasteiger charge is 2.33. The van der Waals surface area contributed by atoms with Crippen LogP contribution in [0, 0.1) is 6.92 Å². The van der Waals surface area contributed by atoms with Crippen LogP contribution in [0.1, 0.15) is 66.0 Å². The third kappa shape index (κ3) is 5.18. The van der Waals surface area contributed by atoms with Crippen LogP contribution in [0.3, 0.4) is 0 Å². The number of nitrogens with zero attached hydrogens (tertiary/aromatic N) is 1. The molecule has 0 unspecified atom stereocenters. The van der Waals surface area contributed by atoms with E-state index in [1.165, 1.54) is 5.57 Å². The second kappa shape index (κ2) is 7.83. The molecule has 2 atom stereocenters. The van der Waals surface area contributed by atoms with Crippen molar-refractivity contribution in [2.24, 2.45) is 0 Å². The highest BCUT2D eigenvalue weighted by atomic mass is 16.6. The van der Waals surface area contributed by atoms with Gasteiger partial charge in [0.2, 0.25) is 0 Å². The second-order valence-electron chi connectivity index (χ2n) is 8.74. The first-order valence-corrected chi connectivity index (χ1v) is 9.68. The quantitative estimate of drug-likeness (QED) is 0.742. The summed E-state index contributed by atoms with van der Waals surface area (Å²) >= 11 is 0. The Kier molecular flexibility index (Phi) is 6.13. The molecular formula is C22H34N2O3. The van der Waals surface area contributed by atoms with Gasteiger partial charge >= 0.3 is 6.09 Å². The Morgan fingerprint density at radius 3 is 2.41 bits per heavy atom. The molecule has 1 heterocycles. The lowest BCUT2D eigenvalue weighted by Gasteiger charge is -2.39. The molecule has 0 saturated carbocycles. The molecule has 0 spiro atoms. The summed E-state index contributed by atoms with van der Waals surface area (Å²) in [6.45, 7) is 15.8. The lowest BCUT2D eigenvalue weighted by Crippen LogP contribution is -2.48. The Hall–Kier alpha value is -2.17. The fourth-order valence-electron chi connectivity index (χ4n) is 3.53. The van der Waals surface area contributed by atoms with Gasteiger partial charge in [0, 0.05) is 6.04 Å². The summed E-state index contributed by atoms with van der Waals surface area (Å²) in [5.74, 6) is 0.710. The molecule has 1 aliphatic heterocycles. The summed E-state index contributed by atoms with van der Waals surface area (Å²) in [5.41, 5.74) is 9.72. The lowest BCUT2D eigenvalue weighted by atomic mass is 9.89. The normalized spacial score (nSPS) is 20.5. The van der Waals surface area contributed by atoms with Crippen molar-refractivity contribution < 1.29 is 14.3 Å². The van der Waals surface area contributed by atoms with Crippen molar-refractivity contribution >= 4 is 17.4 Å². The van der Waals surface area contributed by atoms with Gasteiger partial charge in [-0.3, -0.25) is 4.90 Å². The summed E-state index contributed by atoms with van der Waals surface area (Å²) in [6.07, 6.45) is 2.69. The first-order valence-electron chi connectivity index (χ1n) is 9.68. The van der Waals surface area contributed by atoms with Gasteiger partial charge in [-0.15, -0.1) is 0 Å². The number of carbonyl (C=O) groups excluding carboxylic acids is 1. The van der Waals surface area contributed by atoms with Gasteiger partial charge in [0.25, 0.3) is 0 Å². The van der Waals surface area contributed by atoms with E-state index in [4.69, 9.17) is 15.2 Å². The molecule has 0 aromatic heterocycles. The van der Waals surface area contributed by atoms with Gasteiger partial charge in [0.15, 0.2) is 0 Å². The van der Waals surface area contributed by atoms with E-state index < -0.39 is 5.60 Å². The SMILES string of the molecule is Cc1cc(N)c(OC(C)C)cc1C1=C[C@H](C)N(C(=O)OC(C)(C)C)[C@H](C)C1. The standard InChI is InChI=1S/C22H34N2O3/c1-13(2)26-20-12-18(14(3)9-19(20)23)17-10-15(4)24(16(5)11-17)21(25)27-22(6,7)8/h9-10,12-13,15-16H,11,23H2,1-8H3/t15-,16+/m0/s1. The zero-order valence-electron chi connectivity index (χ0n) is 17.9. The van der Waals surface area contributed by atoms with Crippen molar-refractivity contribution in [1.82, 2.24) is 4.90 Å². The van der Waals surface area contributed by atoms with Gasteiger partial charge in [-0.05, 0) is 90.6 Å². The monoisotopic (exact) mass is 374 g/mol. The van der Waals surface area contributed by atoms with Crippen LogP contribution in [0.4, 0.5) is 10.5 Å². The fourth-order valence-corrected chi connectivity index (χ4v) is 3.53. The van der Waals surface area contributed by atoms with Gasteiger partial charge in [-0.2, -0.15) is 0 Å². The Morgan fingerprint density at radius 1 is 1.26 bits per heavy atom. The number of rotatable bonds is 3. The Balaban J connectivity index is 2.33. The molecule has 0 saturated heterocycles. The van der Waals surface area contributed by atoms with Gasteiger partial charge in [0.05, 0.1) is 17.8 Å². The number of benzene rings is 1. The average molecular weight is 375 g/mol. The van der Waals surface area contributed by atoms with Gasteiger partial charge in [-0.1, -0.05) is 6.08 Å². The van der Waals surface area contributed by atoms with Crippen LogP contribution >= 0.6 is 0 Å².